The molecular weight excluding hydrogens is 240 g/mol. The van der Waals surface area contributed by atoms with E-state index in [-0.39, 0.29) is 6.10 Å². The first-order valence-corrected chi connectivity index (χ1v) is 7.28. The molecule has 2 atom stereocenters. The van der Waals surface area contributed by atoms with Gasteiger partial charge in [-0.1, -0.05) is 20.3 Å². The van der Waals surface area contributed by atoms with Crippen LogP contribution in [0.25, 0.3) is 0 Å². The Labute approximate surface area is 115 Å². The molecule has 2 N–H and O–H groups in total. The minimum Gasteiger partial charge on any atom is -0.394 e. The molecule has 0 bridgehead atoms. The van der Waals surface area contributed by atoms with E-state index in [1.54, 1.807) is 0 Å². The van der Waals surface area contributed by atoms with E-state index in [0.717, 1.165) is 49.6 Å². The number of aromatic nitrogens is 2. The van der Waals surface area contributed by atoms with Gasteiger partial charge in [-0.25, -0.2) is 0 Å². The van der Waals surface area contributed by atoms with Crippen molar-refractivity contribution in [2.75, 3.05) is 23.8 Å². The van der Waals surface area contributed by atoms with E-state index in [0.29, 0.717) is 6.04 Å². The summed E-state index contributed by atoms with van der Waals surface area (Å²) in [6.45, 7) is 8.10. The molecule has 0 amide bonds. The molecule has 1 aromatic rings. The van der Waals surface area contributed by atoms with Gasteiger partial charge < -0.3 is 15.4 Å². The van der Waals surface area contributed by atoms with Crippen molar-refractivity contribution in [3.63, 3.8) is 0 Å². The lowest BCUT2D eigenvalue weighted by Crippen LogP contribution is -2.49. The number of anilines is 2. The van der Waals surface area contributed by atoms with Crippen molar-refractivity contribution in [2.24, 2.45) is 7.05 Å². The predicted octanol–water partition coefficient (Wildman–Crippen LogP) is 1.96. The van der Waals surface area contributed by atoms with Crippen molar-refractivity contribution in [1.29, 1.82) is 0 Å². The maximum Gasteiger partial charge on any atom is 0.150 e. The Balaban J connectivity index is 2.33. The number of nitrogen functional groups attached to an aromatic ring is 1. The number of hydrogen-bond donors (Lipinski definition) is 1. The molecule has 0 aliphatic carbocycles. The molecule has 108 valence electrons. The van der Waals surface area contributed by atoms with Crippen LogP contribution in [-0.2, 0) is 18.2 Å². The second kappa shape index (κ2) is 5.82. The van der Waals surface area contributed by atoms with Crippen molar-refractivity contribution in [2.45, 2.75) is 52.2 Å². The minimum atomic E-state index is 0.242. The third-order valence-electron chi connectivity index (χ3n) is 3.83. The largest absolute Gasteiger partial charge is 0.394 e. The molecule has 0 aromatic carbocycles. The molecule has 5 heteroatoms. The van der Waals surface area contributed by atoms with Crippen molar-refractivity contribution < 1.29 is 4.74 Å². The maximum atomic E-state index is 6.32. The van der Waals surface area contributed by atoms with Gasteiger partial charge in [0.05, 0.1) is 30.1 Å². The molecule has 1 aromatic heterocycles. The number of rotatable bonds is 4. The van der Waals surface area contributed by atoms with Crippen LogP contribution in [0.5, 0.6) is 0 Å². The van der Waals surface area contributed by atoms with Gasteiger partial charge in [-0.05, 0) is 19.8 Å². The lowest BCUT2D eigenvalue weighted by Gasteiger charge is -2.39. The van der Waals surface area contributed by atoms with Gasteiger partial charge in [0.1, 0.15) is 0 Å². The third kappa shape index (κ3) is 2.71. The summed E-state index contributed by atoms with van der Waals surface area (Å²) < 4.78 is 7.69. The Hall–Kier alpha value is -1.23. The highest BCUT2D eigenvalue weighted by atomic mass is 16.5. The normalized spacial score (nSPS) is 23.9. The van der Waals surface area contributed by atoms with Gasteiger partial charge in [-0.15, -0.1) is 0 Å². The molecule has 0 radical (unpaired) electrons. The number of nitrogens with zero attached hydrogens (tertiary/aromatic N) is 3. The van der Waals surface area contributed by atoms with Gasteiger partial charge in [0, 0.05) is 13.6 Å². The molecule has 2 rings (SSSR count). The van der Waals surface area contributed by atoms with Crippen LogP contribution in [0.4, 0.5) is 11.5 Å². The van der Waals surface area contributed by atoms with Gasteiger partial charge in [0.25, 0.3) is 0 Å². The number of nitrogens with two attached hydrogens (primary N) is 1. The minimum absolute atomic E-state index is 0.242. The highest BCUT2D eigenvalue weighted by molar-refractivity contribution is 5.67. The van der Waals surface area contributed by atoms with E-state index in [1.165, 1.54) is 0 Å². The summed E-state index contributed by atoms with van der Waals surface area (Å²) in [4.78, 5) is 2.37. The molecule has 1 fully saturated rings. The van der Waals surface area contributed by atoms with E-state index in [9.17, 15) is 0 Å². The summed E-state index contributed by atoms with van der Waals surface area (Å²) >= 11 is 0. The molecule has 0 saturated carbocycles. The first kappa shape index (κ1) is 14.2. The third-order valence-corrected chi connectivity index (χ3v) is 3.83. The fourth-order valence-electron chi connectivity index (χ4n) is 2.79. The molecule has 1 saturated heterocycles. The fourth-order valence-corrected chi connectivity index (χ4v) is 2.79. The summed E-state index contributed by atoms with van der Waals surface area (Å²) in [5.41, 5.74) is 8.18. The quantitative estimate of drug-likeness (QED) is 0.905. The van der Waals surface area contributed by atoms with Crippen molar-refractivity contribution in [3.8, 4) is 0 Å². The molecule has 2 unspecified atom stereocenters. The molecule has 0 spiro atoms. The predicted molar refractivity (Wildman–Crippen MR) is 78.5 cm³/mol. The lowest BCUT2D eigenvalue weighted by atomic mass is 10.1. The van der Waals surface area contributed by atoms with Gasteiger partial charge in [0.15, 0.2) is 5.82 Å². The zero-order valence-electron chi connectivity index (χ0n) is 12.5. The Kier molecular flexibility index (Phi) is 4.34. The average molecular weight is 266 g/mol. The zero-order chi connectivity index (χ0) is 14.0. The van der Waals surface area contributed by atoms with Crippen LogP contribution in [0.3, 0.4) is 0 Å². The SMILES string of the molecule is CCCc1nn(C)c(N2CC(C)OCC2CC)c1N. The highest BCUT2D eigenvalue weighted by Gasteiger charge is 2.30. The number of hydrogen-bond acceptors (Lipinski definition) is 4. The van der Waals surface area contributed by atoms with Gasteiger partial charge in [0.2, 0.25) is 0 Å². The second-order valence-electron chi connectivity index (χ2n) is 5.42. The maximum absolute atomic E-state index is 6.32. The summed E-state index contributed by atoms with van der Waals surface area (Å²) in [5.74, 6) is 1.06. The molecule has 5 nitrogen and oxygen atoms in total. The number of aryl methyl sites for hydroxylation is 2. The monoisotopic (exact) mass is 266 g/mol. The number of morpholine rings is 1. The van der Waals surface area contributed by atoms with E-state index in [2.05, 4.69) is 30.8 Å². The smallest absolute Gasteiger partial charge is 0.150 e. The number of ether oxygens (including phenoxy) is 1. The van der Waals surface area contributed by atoms with Crippen molar-refractivity contribution in [3.05, 3.63) is 5.69 Å². The van der Waals surface area contributed by atoms with Gasteiger partial charge >= 0.3 is 0 Å². The fraction of sp³-hybridized carbons (Fsp3) is 0.786. The van der Waals surface area contributed by atoms with Crippen LogP contribution in [0, 0.1) is 0 Å². The van der Waals surface area contributed by atoms with Crippen LogP contribution in [0.1, 0.15) is 39.3 Å². The second-order valence-corrected chi connectivity index (χ2v) is 5.42. The molecule has 2 heterocycles. The standard InChI is InChI=1S/C14H26N4O/c1-5-7-12-13(15)14(17(4)16-12)18-8-10(3)19-9-11(18)6-2/h10-11H,5-9,15H2,1-4H3. The molecule has 1 aliphatic heterocycles. The summed E-state index contributed by atoms with van der Waals surface area (Å²) in [6, 6.07) is 0.392. The first-order valence-electron chi connectivity index (χ1n) is 7.28. The summed E-state index contributed by atoms with van der Waals surface area (Å²) in [5, 5.41) is 4.58. The summed E-state index contributed by atoms with van der Waals surface area (Å²) in [7, 11) is 1.98. The van der Waals surface area contributed by atoms with Crippen molar-refractivity contribution in [1.82, 2.24) is 9.78 Å². The zero-order valence-corrected chi connectivity index (χ0v) is 12.5. The van der Waals surface area contributed by atoms with Crippen LogP contribution in [0.15, 0.2) is 0 Å². The van der Waals surface area contributed by atoms with E-state index < -0.39 is 0 Å². The highest BCUT2D eigenvalue weighted by Crippen LogP contribution is 2.31. The lowest BCUT2D eigenvalue weighted by molar-refractivity contribution is 0.0294. The van der Waals surface area contributed by atoms with Crippen LogP contribution in [-0.4, -0.2) is 35.1 Å². The average Bonchev–Trinajstić information content (AvgIpc) is 2.65. The van der Waals surface area contributed by atoms with Crippen LogP contribution in [0.2, 0.25) is 0 Å². The Morgan fingerprint density at radius 1 is 1.42 bits per heavy atom. The van der Waals surface area contributed by atoms with Crippen LogP contribution < -0.4 is 10.6 Å². The first-order chi connectivity index (χ1) is 9.08. The molecular formula is C14H26N4O. The van der Waals surface area contributed by atoms with Crippen LogP contribution >= 0.6 is 0 Å². The van der Waals surface area contributed by atoms with Gasteiger partial charge in [-0.2, -0.15) is 5.10 Å². The van der Waals surface area contributed by atoms with E-state index >= 15 is 0 Å². The van der Waals surface area contributed by atoms with E-state index in [4.69, 9.17) is 10.5 Å². The van der Waals surface area contributed by atoms with Gasteiger partial charge in [-0.3, -0.25) is 4.68 Å². The Morgan fingerprint density at radius 3 is 2.79 bits per heavy atom. The van der Waals surface area contributed by atoms with Crippen molar-refractivity contribution >= 4 is 11.5 Å². The Bertz CT molecular complexity index is 429. The van der Waals surface area contributed by atoms with E-state index in [1.807, 2.05) is 11.7 Å². The Morgan fingerprint density at radius 2 is 2.16 bits per heavy atom. The molecule has 1 aliphatic rings. The summed E-state index contributed by atoms with van der Waals surface area (Å²) in [6.07, 6.45) is 3.31. The topological polar surface area (TPSA) is 56.3 Å². The molecule has 19 heavy (non-hydrogen) atoms.